The predicted molar refractivity (Wildman–Crippen MR) is 126 cm³/mol. The van der Waals surface area contributed by atoms with E-state index in [4.69, 9.17) is 27.9 Å². The van der Waals surface area contributed by atoms with Gasteiger partial charge in [-0.2, -0.15) is 0 Å². The first-order valence-electron chi connectivity index (χ1n) is 10.4. The molecule has 0 spiro atoms. The monoisotopic (exact) mass is 476 g/mol. The lowest BCUT2D eigenvalue weighted by molar-refractivity contribution is -0.139. The molecule has 1 aliphatic rings. The maximum Gasteiger partial charge on any atom is 0.295 e. The standard InChI is InChI=1S/C24H26Cl2N2O4/c1-4-32-17-8-5-7-16(13-17)22(29)20-21(15-9-10-18(25)19(26)14-15)28(24(31)23(20)30)12-6-11-27(2)3/h5,7-10,13-14,21,29H,4,6,11-12H2,1-3H3. The first-order valence-corrected chi connectivity index (χ1v) is 11.1. The zero-order valence-electron chi connectivity index (χ0n) is 18.3. The molecule has 32 heavy (non-hydrogen) atoms. The number of ketones is 1. The molecule has 1 N–H and O–H groups in total. The molecule has 0 saturated carbocycles. The van der Waals surface area contributed by atoms with Gasteiger partial charge in [0.1, 0.15) is 11.5 Å². The van der Waals surface area contributed by atoms with Gasteiger partial charge in [0, 0.05) is 12.1 Å². The number of ether oxygens (including phenoxy) is 1. The Morgan fingerprint density at radius 1 is 1.12 bits per heavy atom. The second kappa shape index (κ2) is 10.4. The van der Waals surface area contributed by atoms with E-state index in [1.807, 2.05) is 25.9 Å². The SMILES string of the molecule is CCOc1cccc(C(O)=C2C(=O)C(=O)N(CCCN(C)C)C2c2ccc(Cl)c(Cl)c2)c1. The predicted octanol–water partition coefficient (Wildman–Crippen LogP) is 4.77. The van der Waals surface area contributed by atoms with Gasteiger partial charge < -0.3 is 19.6 Å². The maximum atomic E-state index is 13.1. The number of Topliss-reactive ketones (excluding diaryl/α,β-unsaturated/α-hetero) is 1. The number of aliphatic hydroxyl groups excluding tert-OH is 1. The summed E-state index contributed by atoms with van der Waals surface area (Å²) in [6.07, 6.45) is 0.664. The number of aliphatic hydroxyl groups is 1. The van der Waals surface area contributed by atoms with E-state index in [1.54, 1.807) is 42.5 Å². The van der Waals surface area contributed by atoms with Crippen LogP contribution in [0, 0.1) is 0 Å². The zero-order valence-corrected chi connectivity index (χ0v) is 19.8. The minimum Gasteiger partial charge on any atom is -0.507 e. The Kier molecular flexibility index (Phi) is 7.82. The Labute approximate surface area is 198 Å². The molecule has 0 aliphatic carbocycles. The van der Waals surface area contributed by atoms with Crippen LogP contribution in [0.3, 0.4) is 0 Å². The fraction of sp³-hybridized carbons (Fsp3) is 0.333. The highest BCUT2D eigenvalue weighted by molar-refractivity contribution is 6.46. The minimum absolute atomic E-state index is 0.0203. The van der Waals surface area contributed by atoms with Crippen molar-refractivity contribution in [3.8, 4) is 5.75 Å². The van der Waals surface area contributed by atoms with E-state index >= 15 is 0 Å². The Morgan fingerprint density at radius 3 is 2.53 bits per heavy atom. The molecule has 6 nitrogen and oxygen atoms in total. The van der Waals surface area contributed by atoms with Gasteiger partial charge in [0.15, 0.2) is 0 Å². The first-order chi connectivity index (χ1) is 15.2. The summed E-state index contributed by atoms with van der Waals surface area (Å²) in [4.78, 5) is 29.5. The van der Waals surface area contributed by atoms with Gasteiger partial charge in [0.05, 0.1) is 28.3 Å². The van der Waals surface area contributed by atoms with E-state index in [1.165, 1.54) is 4.90 Å². The molecule has 0 aromatic heterocycles. The van der Waals surface area contributed by atoms with Crippen molar-refractivity contribution in [2.24, 2.45) is 0 Å². The normalized spacial score (nSPS) is 17.9. The number of benzene rings is 2. The third-order valence-electron chi connectivity index (χ3n) is 5.22. The molecule has 2 aromatic carbocycles. The molecule has 8 heteroatoms. The highest BCUT2D eigenvalue weighted by Crippen LogP contribution is 2.41. The Hall–Kier alpha value is -2.54. The highest BCUT2D eigenvalue weighted by atomic mass is 35.5. The molecule has 0 bridgehead atoms. The van der Waals surface area contributed by atoms with Crippen molar-refractivity contribution >= 4 is 40.7 Å². The molecule has 170 valence electrons. The van der Waals surface area contributed by atoms with Crippen molar-refractivity contribution in [2.45, 2.75) is 19.4 Å². The van der Waals surface area contributed by atoms with Gasteiger partial charge in [0.2, 0.25) is 0 Å². The van der Waals surface area contributed by atoms with E-state index in [2.05, 4.69) is 0 Å². The Morgan fingerprint density at radius 2 is 1.88 bits per heavy atom. The fourth-order valence-electron chi connectivity index (χ4n) is 3.75. The topological polar surface area (TPSA) is 70.1 Å². The summed E-state index contributed by atoms with van der Waals surface area (Å²) in [5.74, 6) is -1.08. The van der Waals surface area contributed by atoms with Gasteiger partial charge in [0.25, 0.3) is 11.7 Å². The zero-order chi connectivity index (χ0) is 23.4. The summed E-state index contributed by atoms with van der Waals surface area (Å²) in [5, 5.41) is 11.8. The first kappa shape index (κ1) is 24.1. The molecule has 1 fully saturated rings. The average molecular weight is 477 g/mol. The number of hydrogen-bond acceptors (Lipinski definition) is 5. The van der Waals surface area contributed by atoms with E-state index in [-0.39, 0.29) is 11.3 Å². The molecule has 1 atom stereocenters. The summed E-state index contributed by atoms with van der Waals surface area (Å²) < 4.78 is 5.51. The number of nitrogens with zero attached hydrogens (tertiary/aromatic N) is 2. The van der Waals surface area contributed by atoms with Crippen LogP contribution in [0.25, 0.3) is 5.76 Å². The number of hydrogen-bond donors (Lipinski definition) is 1. The van der Waals surface area contributed by atoms with Gasteiger partial charge in [-0.15, -0.1) is 0 Å². The van der Waals surface area contributed by atoms with Crippen LogP contribution in [-0.4, -0.2) is 60.4 Å². The van der Waals surface area contributed by atoms with Crippen molar-refractivity contribution in [3.05, 3.63) is 69.2 Å². The summed E-state index contributed by atoms with van der Waals surface area (Å²) in [6, 6.07) is 11.0. The smallest absolute Gasteiger partial charge is 0.295 e. The van der Waals surface area contributed by atoms with Crippen molar-refractivity contribution in [1.29, 1.82) is 0 Å². The highest BCUT2D eigenvalue weighted by Gasteiger charge is 2.45. The van der Waals surface area contributed by atoms with Gasteiger partial charge in [-0.3, -0.25) is 9.59 Å². The lowest BCUT2D eigenvalue weighted by atomic mass is 9.95. The average Bonchev–Trinajstić information content (AvgIpc) is 3.00. The van der Waals surface area contributed by atoms with E-state index in [0.717, 1.165) is 6.54 Å². The number of amides is 1. The quantitative estimate of drug-likeness (QED) is 0.337. The van der Waals surface area contributed by atoms with Gasteiger partial charge in [-0.25, -0.2) is 0 Å². The second-order valence-corrected chi connectivity index (χ2v) is 8.60. The summed E-state index contributed by atoms with van der Waals surface area (Å²) in [5.41, 5.74) is 1.02. The lowest BCUT2D eigenvalue weighted by Crippen LogP contribution is -2.32. The van der Waals surface area contributed by atoms with Gasteiger partial charge in [-0.05, 0) is 63.8 Å². The van der Waals surface area contributed by atoms with Crippen molar-refractivity contribution in [3.63, 3.8) is 0 Å². The van der Waals surface area contributed by atoms with Crippen LogP contribution in [0.5, 0.6) is 5.75 Å². The van der Waals surface area contributed by atoms with Crippen molar-refractivity contribution in [1.82, 2.24) is 9.80 Å². The van der Waals surface area contributed by atoms with Crippen LogP contribution in [0.15, 0.2) is 48.0 Å². The van der Waals surface area contributed by atoms with E-state index in [0.29, 0.717) is 46.5 Å². The van der Waals surface area contributed by atoms with Crippen LogP contribution in [0.2, 0.25) is 10.0 Å². The molecule has 1 amide bonds. The van der Waals surface area contributed by atoms with Crippen LogP contribution >= 0.6 is 23.2 Å². The maximum absolute atomic E-state index is 13.1. The summed E-state index contributed by atoms with van der Waals surface area (Å²) in [7, 11) is 3.88. The number of carbonyl (C=O) groups excluding carboxylic acids is 2. The minimum atomic E-state index is -0.775. The molecule has 1 aliphatic heterocycles. The van der Waals surface area contributed by atoms with Crippen molar-refractivity contribution in [2.75, 3.05) is 33.8 Å². The molecular weight excluding hydrogens is 451 g/mol. The molecule has 3 rings (SSSR count). The largest absolute Gasteiger partial charge is 0.507 e. The van der Waals surface area contributed by atoms with Crippen LogP contribution in [-0.2, 0) is 9.59 Å². The Balaban J connectivity index is 2.11. The van der Waals surface area contributed by atoms with Gasteiger partial charge >= 0.3 is 0 Å². The molecule has 1 unspecified atom stereocenters. The molecule has 0 radical (unpaired) electrons. The number of likely N-dealkylation sites (tertiary alicyclic amines) is 1. The van der Waals surface area contributed by atoms with E-state index < -0.39 is 17.7 Å². The summed E-state index contributed by atoms with van der Waals surface area (Å²) >= 11 is 12.3. The van der Waals surface area contributed by atoms with Crippen LogP contribution < -0.4 is 4.74 Å². The van der Waals surface area contributed by atoms with Crippen LogP contribution in [0.4, 0.5) is 0 Å². The van der Waals surface area contributed by atoms with Crippen molar-refractivity contribution < 1.29 is 19.4 Å². The number of carbonyl (C=O) groups is 2. The number of rotatable bonds is 8. The van der Waals surface area contributed by atoms with Crippen LogP contribution in [0.1, 0.15) is 30.5 Å². The Bertz CT molecular complexity index is 1050. The molecule has 1 heterocycles. The van der Waals surface area contributed by atoms with E-state index in [9.17, 15) is 14.7 Å². The number of halogens is 2. The molecular formula is C24H26Cl2N2O4. The van der Waals surface area contributed by atoms with Gasteiger partial charge in [-0.1, -0.05) is 41.4 Å². The third-order valence-corrected chi connectivity index (χ3v) is 5.96. The lowest BCUT2D eigenvalue weighted by Gasteiger charge is -2.26. The molecule has 2 aromatic rings. The molecule has 1 saturated heterocycles. The second-order valence-electron chi connectivity index (χ2n) is 7.78. The fourth-order valence-corrected chi connectivity index (χ4v) is 4.06. The summed E-state index contributed by atoms with van der Waals surface area (Å²) in [6.45, 7) is 3.41. The third kappa shape index (κ3) is 5.09.